The number of unbranched alkanes of at least 4 members (excludes halogenated alkanes) is 20. The van der Waals surface area contributed by atoms with Crippen molar-refractivity contribution < 1.29 is 21.8 Å². The van der Waals surface area contributed by atoms with Crippen LogP contribution in [0.15, 0.2) is 0 Å². The van der Waals surface area contributed by atoms with Gasteiger partial charge in [0.15, 0.2) is 0 Å². The average Bonchev–Trinajstić information content (AvgIpc) is 2.98. The van der Waals surface area contributed by atoms with Crippen LogP contribution in [0.3, 0.4) is 0 Å². The van der Waals surface area contributed by atoms with Crippen molar-refractivity contribution in [2.24, 2.45) is 0 Å². The second kappa shape index (κ2) is 29.4. The summed E-state index contributed by atoms with van der Waals surface area (Å²) in [5, 5.41) is -0.265. The molecule has 0 bridgehead atoms. The van der Waals surface area contributed by atoms with Crippen LogP contribution in [0.4, 0.5) is 0 Å². The second-order valence-corrected chi connectivity index (χ2v) is 20.5. The lowest BCUT2D eigenvalue weighted by molar-refractivity contribution is 0.0287. The molecule has 0 radical (unpaired) electrons. The maximum absolute atomic E-state index is 7.16. The molecule has 7 heteroatoms. The lowest BCUT2D eigenvalue weighted by Crippen LogP contribution is -2.62. The highest BCUT2D eigenvalue weighted by atomic mass is 28.5. The van der Waals surface area contributed by atoms with Gasteiger partial charge in [-0.15, -0.1) is 0 Å². The molecule has 0 aliphatic carbocycles. The van der Waals surface area contributed by atoms with E-state index in [1.54, 1.807) is 0 Å². The van der Waals surface area contributed by atoms with Gasteiger partial charge >= 0.3 is 17.6 Å². The molecule has 0 atom stereocenters. The Labute approximate surface area is 279 Å². The average molecular weight is 661 g/mol. The molecule has 0 aromatic rings. The van der Waals surface area contributed by atoms with Crippen molar-refractivity contribution in [3.8, 4) is 0 Å². The van der Waals surface area contributed by atoms with Gasteiger partial charge in [-0.05, 0) is 25.7 Å². The van der Waals surface area contributed by atoms with Crippen LogP contribution in [0, 0.1) is 0 Å². The van der Waals surface area contributed by atoms with Crippen LogP contribution < -0.4 is 0 Å². The fourth-order valence-corrected chi connectivity index (χ4v) is 12.5. The number of rotatable bonds is 34. The van der Waals surface area contributed by atoms with Crippen molar-refractivity contribution in [3.05, 3.63) is 0 Å². The first-order valence-electron chi connectivity index (χ1n) is 19.5. The largest absolute Gasteiger partial charge is 0.499 e. The van der Waals surface area contributed by atoms with Gasteiger partial charge in [0, 0.05) is 38.0 Å². The van der Waals surface area contributed by atoms with Gasteiger partial charge in [0.2, 0.25) is 0 Å². The molecule has 0 amide bonds. The number of hydrogen-bond acceptors (Lipinski definition) is 5. The first-order chi connectivity index (χ1) is 21.2. The highest BCUT2D eigenvalue weighted by Crippen LogP contribution is 2.41. The van der Waals surface area contributed by atoms with E-state index in [2.05, 4.69) is 55.0 Å². The van der Waals surface area contributed by atoms with Crippen molar-refractivity contribution in [1.82, 2.24) is 0 Å². The molecule has 0 spiro atoms. The van der Waals surface area contributed by atoms with Crippen LogP contribution >= 0.6 is 0 Å². The van der Waals surface area contributed by atoms with Gasteiger partial charge in [0.05, 0.1) is 0 Å². The molecule has 0 aromatic carbocycles. The molecule has 0 unspecified atom stereocenters. The van der Waals surface area contributed by atoms with E-state index in [4.69, 9.17) is 21.8 Å². The summed E-state index contributed by atoms with van der Waals surface area (Å²) in [5.74, 6) is 0. The molecule has 0 rings (SSSR count). The fraction of sp³-hybridized carbons (Fsp3) is 1.00. The highest BCUT2D eigenvalue weighted by molar-refractivity contribution is 6.76. The molecule has 266 valence electrons. The monoisotopic (exact) mass is 661 g/mol. The van der Waals surface area contributed by atoms with E-state index in [0.29, 0.717) is 26.4 Å². The Kier molecular flexibility index (Phi) is 29.5. The van der Waals surface area contributed by atoms with Crippen LogP contribution in [0.2, 0.25) is 11.6 Å². The molecule has 0 heterocycles. The minimum Gasteiger partial charge on any atom is -0.374 e. The summed E-state index contributed by atoms with van der Waals surface area (Å²) < 4.78 is 34.2. The summed E-state index contributed by atoms with van der Waals surface area (Å²) in [4.78, 5) is 0. The first-order valence-corrected chi connectivity index (χ1v) is 23.4. The molecule has 44 heavy (non-hydrogen) atoms. The summed E-state index contributed by atoms with van der Waals surface area (Å²) >= 11 is 0. The van der Waals surface area contributed by atoms with Crippen LogP contribution in [-0.2, 0) is 21.8 Å². The summed E-state index contributed by atoms with van der Waals surface area (Å²) in [7, 11) is -6.15. The minimum atomic E-state index is -3.14. The zero-order valence-electron chi connectivity index (χ0n) is 31.3. The first kappa shape index (κ1) is 44.2. The van der Waals surface area contributed by atoms with Gasteiger partial charge in [-0.25, -0.2) is 0 Å². The Morgan fingerprint density at radius 3 is 0.886 bits per heavy atom. The van der Waals surface area contributed by atoms with Gasteiger partial charge in [0.25, 0.3) is 0 Å². The third kappa shape index (κ3) is 23.5. The van der Waals surface area contributed by atoms with Gasteiger partial charge in [-0.2, -0.15) is 0 Å². The Morgan fingerprint density at radius 1 is 0.364 bits per heavy atom. The van der Waals surface area contributed by atoms with Crippen LogP contribution in [0.25, 0.3) is 0 Å². The van der Waals surface area contributed by atoms with E-state index in [9.17, 15) is 0 Å². The molecule has 0 fully saturated rings. The van der Waals surface area contributed by atoms with Crippen molar-refractivity contribution in [2.45, 2.75) is 214 Å². The summed E-state index contributed by atoms with van der Waals surface area (Å²) in [6.45, 7) is 20.6. The predicted molar refractivity (Wildman–Crippen MR) is 195 cm³/mol. The van der Waals surface area contributed by atoms with Gasteiger partial charge in [-0.3, -0.25) is 0 Å². The molecule has 0 saturated heterocycles. The quantitative estimate of drug-likeness (QED) is 0.0508. The molecule has 5 nitrogen and oxygen atoms in total. The standard InChI is InChI=1S/C37H80O5Si2/c1-9-13-17-21-25-29-33-38-43(8,39-34-30-26-22-18-14-10-2)42-44(37(5,6)7,40-35-31-27-23-19-15-11-3)41-36-32-28-24-20-16-12-4/h9-36H2,1-8H3. The normalized spacial score (nSPS) is 12.8. The van der Waals surface area contributed by atoms with Crippen LogP contribution in [-0.4, -0.2) is 44.0 Å². The van der Waals surface area contributed by atoms with Crippen molar-refractivity contribution in [1.29, 1.82) is 0 Å². The van der Waals surface area contributed by atoms with E-state index >= 15 is 0 Å². The third-order valence-corrected chi connectivity index (χ3v) is 15.6. The zero-order valence-corrected chi connectivity index (χ0v) is 33.3. The van der Waals surface area contributed by atoms with E-state index in [-0.39, 0.29) is 5.04 Å². The minimum absolute atomic E-state index is 0.265. The van der Waals surface area contributed by atoms with Crippen molar-refractivity contribution in [3.63, 3.8) is 0 Å². The molecular weight excluding hydrogens is 581 g/mol. The van der Waals surface area contributed by atoms with Crippen molar-refractivity contribution in [2.75, 3.05) is 26.4 Å². The summed E-state index contributed by atoms with van der Waals surface area (Å²) in [6, 6.07) is 0. The fourth-order valence-electron chi connectivity index (χ4n) is 5.49. The Balaban J connectivity index is 5.59. The van der Waals surface area contributed by atoms with Gasteiger partial charge < -0.3 is 21.8 Å². The van der Waals surface area contributed by atoms with Crippen LogP contribution in [0.5, 0.6) is 0 Å². The van der Waals surface area contributed by atoms with Gasteiger partial charge in [0.1, 0.15) is 0 Å². The maximum atomic E-state index is 7.16. The van der Waals surface area contributed by atoms with E-state index in [0.717, 1.165) is 25.7 Å². The zero-order chi connectivity index (χ0) is 32.8. The van der Waals surface area contributed by atoms with Crippen LogP contribution in [0.1, 0.15) is 203 Å². The second-order valence-electron chi connectivity index (χ2n) is 14.2. The lowest BCUT2D eigenvalue weighted by atomic mass is 10.1. The molecular formula is C37H80O5Si2. The van der Waals surface area contributed by atoms with E-state index in [1.807, 2.05) is 0 Å². The molecule has 0 aromatic heterocycles. The SMILES string of the molecule is CCCCCCCCO[Si](C)(OCCCCCCCC)O[Si](OCCCCCCCC)(OCCCCCCCC)C(C)(C)C. The topological polar surface area (TPSA) is 46.2 Å². The Hall–Kier alpha value is 0.234. The Morgan fingerprint density at radius 2 is 0.614 bits per heavy atom. The lowest BCUT2D eigenvalue weighted by Gasteiger charge is -2.43. The van der Waals surface area contributed by atoms with E-state index < -0.39 is 17.6 Å². The molecule has 0 aliphatic rings. The van der Waals surface area contributed by atoms with Crippen molar-refractivity contribution >= 4 is 17.6 Å². The maximum Gasteiger partial charge on any atom is 0.499 e. The Bertz CT molecular complexity index is 563. The molecule has 0 N–H and O–H groups in total. The molecule has 0 saturated carbocycles. The van der Waals surface area contributed by atoms with Gasteiger partial charge in [-0.1, -0.05) is 177 Å². The predicted octanol–water partition coefficient (Wildman–Crippen LogP) is 12.8. The number of hydrogen-bond donors (Lipinski definition) is 0. The molecule has 0 aliphatic heterocycles. The smallest absolute Gasteiger partial charge is 0.374 e. The summed E-state index contributed by atoms with van der Waals surface area (Å²) in [6.07, 6.45) is 29.7. The third-order valence-electron chi connectivity index (χ3n) is 8.54. The summed E-state index contributed by atoms with van der Waals surface area (Å²) in [5.41, 5.74) is 0. The van der Waals surface area contributed by atoms with E-state index in [1.165, 1.54) is 128 Å². The highest BCUT2D eigenvalue weighted by Gasteiger charge is 2.59.